The molecular formula is C22H29FN10O11P2. The fraction of sp³-hybridized carbons (Fsp3) is 0.545. The fourth-order valence-corrected chi connectivity index (χ4v) is 6.97. The Hall–Kier alpha value is -3.43. The average Bonchev–Trinajstić information content (AvgIpc) is 3.73. The van der Waals surface area contributed by atoms with E-state index in [-0.39, 0.29) is 40.5 Å². The number of nitrogens with zero attached hydrogens (tertiary/aromatic N) is 7. The van der Waals surface area contributed by atoms with Crippen LogP contribution in [0.1, 0.15) is 25.8 Å². The van der Waals surface area contributed by atoms with Gasteiger partial charge in [0.2, 0.25) is 5.95 Å². The van der Waals surface area contributed by atoms with Gasteiger partial charge in [-0.1, -0.05) is 6.92 Å². The van der Waals surface area contributed by atoms with E-state index in [1.165, 1.54) is 17.2 Å². The first-order chi connectivity index (χ1) is 21.7. The Morgan fingerprint density at radius 2 is 1.67 bits per heavy atom. The molecule has 0 radical (unpaired) electrons. The van der Waals surface area contributed by atoms with Crippen molar-refractivity contribution < 1.29 is 51.5 Å². The van der Waals surface area contributed by atoms with Gasteiger partial charge in [-0.2, -0.15) is 4.98 Å². The standard InChI is InChI=1S/C22H29FN10O11P2/c1-3-8-14(13(34)20(41-8)32-6-28-11-16(24)26-5-27-17(11)32)44-46(38,39)40-4-9-10(23)15(43-45(2,36)37)21(42-9)33-7-29-12-18(33)30-22(25)31-19(12)35/h5-10,13-15,20-21,34H,3-4H2,1-2H3,(H,36,37)(H,38,39)(H2,24,26,27)(H3,25,30,31,35). The van der Waals surface area contributed by atoms with Crippen LogP contribution in [-0.4, -0.2) is 104 Å². The number of phosphoric acid groups is 1. The molecule has 0 saturated carbocycles. The number of hydrogen-bond donors (Lipinski definition) is 6. The van der Waals surface area contributed by atoms with Gasteiger partial charge >= 0.3 is 15.4 Å². The number of rotatable bonds is 10. The van der Waals surface area contributed by atoms with Crippen LogP contribution in [0, 0.1) is 0 Å². The van der Waals surface area contributed by atoms with Crippen LogP contribution in [0.15, 0.2) is 23.8 Å². The zero-order chi connectivity index (χ0) is 33.1. The van der Waals surface area contributed by atoms with E-state index in [0.29, 0.717) is 0 Å². The van der Waals surface area contributed by atoms with Crippen LogP contribution in [0.25, 0.3) is 22.3 Å². The highest BCUT2D eigenvalue weighted by Crippen LogP contribution is 2.51. The minimum Gasteiger partial charge on any atom is -0.386 e. The number of imidazole rings is 2. The molecule has 250 valence electrons. The maximum absolute atomic E-state index is 15.7. The molecule has 0 amide bonds. The molecular weight excluding hydrogens is 661 g/mol. The van der Waals surface area contributed by atoms with E-state index >= 15 is 4.39 Å². The normalized spacial score (nSPS) is 31.0. The first kappa shape index (κ1) is 32.5. The van der Waals surface area contributed by atoms with Crippen molar-refractivity contribution in [3.63, 3.8) is 0 Å². The number of fused-ring (bicyclic) bond motifs is 2. The molecule has 0 aliphatic carbocycles. The number of halogens is 1. The Morgan fingerprint density at radius 3 is 2.37 bits per heavy atom. The Kier molecular flexibility index (Phi) is 8.47. The Morgan fingerprint density at radius 1 is 1.00 bits per heavy atom. The number of nitrogens with one attached hydrogen (secondary N) is 1. The highest BCUT2D eigenvalue weighted by atomic mass is 31.2. The predicted octanol–water partition coefficient (Wildman–Crippen LogP) is -0.270. The van der Waals surface area contributed by atoms with Gasteiger partial charge in [-0.05, 0) is 6.42 Å². The summed E-state index contributed by atoms with van der Waals surface area (Å²) in [5.41, 5.74) is 10.9. The summed E-state index contributed by atoms with van der Waals surface area (Å²) < 4.78 is 70.4. The van der Waals surface area contributed by atoms with Crippen molar-refractivity contribution in [1.29, 1.82) is 0 Å². The van der Waals surface area contributed by atoms with Crippen LogP contribution in [0.5, 0.6) is 0 Å². The smallest absolute Gasteiger partial charge is 0.386 e. The van der Waals surface area contributed by atoms with Gasteiger partial charge in [-0.15, -0.1) is 0 Å². The van der Waals surface area contributed by atoms with Crippen LogP contribution in [0.3, 0.4) is 0 Å². The lowest BCUT2D eigenvalue weighted by atomic mass is 10.1. The third kappa shape index (κ3) is 6.04. The van der Waals surface area contributed by atoms with Gasteiger partial charge in [-0.25, -0.2) is 28.9 Å². The van der Waals surface area contributed by atoms with Crippen molar-refractivity contribution in [1.82, 2.24) is 39.0 Å². The molecule has 46 heavy (non-hydrogen) atoms. The molecule has 10 unspecified atom stereocenters. The lowest BCUT2D eigenvalue weighted by Crippen LogP contribution is -2.34. The van der Waals surface area contributed by atoms with Gasteiger partial charge in [0, 0.05) is 6.66 Å². The second kappa shape index (κ2) is 12.0. The molecule has 21 nitrogen and oxygen atoms in total. The number of aromatic amines is 1. The van der Waals surface area contributed by atoms with Crippen LogP contribution in [0.4, 0.5) is 16.2 Å². The number of aromatic nitrogens is 8. The number of nitrogen functional groups attached to an aromatic ring is 2. The number of H-pyrrole nitrogens is 1. The van der Waals surface area contributed by atoms with Crippen LogP contribution in [-0.2, 0) is 32.2 Å². The first-order valence-corrected chi connectivity index (χ1v) is 17.1. The lowest BCUT2D eigenvalue weighted by Gasteiger charge is -2.23. The van der Waals surface area contributed by atoms with Crippen molar-refractivity contribution in [2.45, 2.75) is 62.5 Å². The molecule has 0 spiro atoms. The second-order valence-electron chi connectivity index (χ2n) is 10.5. The summed E-state index contributed by atoms with van der Waals surface area (Å²) in [4.78, 5) is 54.9. The molecule has 2 saturated heterocycles. The Bertz CT molecular complexity index is 1920. The molecule has 6 heterocycles. The molecule has 6 rings (SSSR count). The zero-order valence-corrected chi connectivity index (χ0v) is 25.7. The van der Waals surface area contributed by atoms with Crippen molar-refractivity contribution in [3.05, 3.63) is 29.3 Å². The van der Waals surface area contributed by atoms with E-state index in [1.807, 2.05) is 0 Å². The molecule has 10 atom stereocenters. The molecule has 2 fully saturated rings. The third-order valence-electron chi connectivity index (χ3n) is 7.34. The van der Waals surface area contributed by atoms with Gasteiger partial charge in [0.1, 0.15) is 36.3 Å². The second-order valence-corrected chi connectivity index (χ2v) is 13.8. The summed E-state index contributed by atoms with van der Waals surface area (Å²) in [5.74, 6) is -0.201. The molecule has 0 aromatic carbocycles. The number of aliphatic hydroxyl groups is 1. The summed E-state index contributed by atoms with van der Waals surface area (Å²) in [6, 6.07) is 0. The number of nitrogens with two attached hydrogens (primary N) is 2. The Labute approximate surface area is 256 Å². The van der Waals surface area contributed by atoms with E-state index < -0.39 is 76.7 Å². The largest absolute Gasteiger partial charge is 0.472 e. The van der Waals surface area contributed by atoms with E-state index in [2.05, 4.69) is 29.9 Å². The fourth-order valence-electron chi connectivity index (χ4n) is 5.34. The maximum atomic E-state index is 15.7. The molecule has 4 aromatic heterocycles. The van der Waals surface area contributed by atoms with E-state index in [1.54, 1.807) is 6.92 Å². The number of aliphatic hydroxyl groups excluding tert-OH is 1. The number of ether oxygens (including phenoxy) is 2. The highest BCUT2D eigenvalue weighted by Gasteiger charge is 2.52. The number of hydrogen-bond acceptors (Lipinski definition) is 16. The third-order valence-corrected chi connectivity index (χ3v) is 8.96. The lowest BCUT2D eigenvalue weighted by molar-refractivity contribution is -0.0513. The van der Waals surface area contributed by atoms with Gasteiger partial charge in [0.15, 0.2) is 41.3 Å². The predicted molar refractivity (Wildman–Crippen MR) is 153 cm³/mol. The van der Waals surface area contributed by atoms with Crippen molar-refractivity contribution in [2.24, 2.45) is 0 Å². The summed E-state index contributed by atoms with van der Waals surface area (Å²) >= 11 is 0. The van der Waals surface area contributed by atoms with E-state index in [9.17, 15) is 28.8 Å². The monoisotopic (exact) mass is 690 g/mol. The molecule has 2 aliphatic heterocycles. The van der Waals surface area contributed by atoms with E-state index in [0.717, 1.165) is 17.6 Å². The van der Waals surface area contributed by atoms with Gasteiger partial charge in [0.05, 0.1) is 25.4 Å². The van der Waals surface area contributed by atoms with Crippen molar-refractivity contribution in [2.75, 3.05) is 24.7 Å². The number of phosphoric ester groups is 1. The minimum atomic E-state index is -5.06. The summed E-state index contributed by atoms with van der Waals surface area (Å²) in [6.07, 6.45) is -8.37. The Balaban J connectivity index is 1.19. The molecule has 4 aromatic rings. The van der Waals surface area contributed by atoms with Gasteiger partial charge in [0.25, 0.3) is 5.56 Å². The molecule has 2 aliphatic rings. The topological polar surface area (TPSA) is 300 Å². The van der Waals surface area contributed by atoms with Crippen LogP contribution < -0.4 is 17.0 Å². The van der Waals surface area contributed by atoms with Crippen LogP contribution in [0.2, 0.25) is 0 Å². The summed E-state index contributed by atoms with van der Waals surface area (Å²) in [6.45, 7) is 1.60. The van der Waals surface area contributed by atoms with Crippen LogP contribution >= 0.6 is 15.4 Å². The first-order valence-electron chi connectivity index (χ1n) is 13.6. The SMILES string of the molecule is CCC1OC(n2cnc3c(N)ncnc32)C(O)C1OP(=O)(O)OCC1OC(n2cnc3c(=O)[nH]c(N)nc32)C(OP(C)(=O)O)C1F. The van der Waals surface area contributed by atoms with Crippen molar-refractivity contribution >= 4 is 49.5 Å². The molecule has 0 bridgehead atoms. The molecule has 8 N–H and O–H groups in total. The average molecular weight is 690 g/mol. The summed E-state index contributed by atoms with van der Waals surface area (Å²) in [7, 11) is -9.39. The number of anilines is 2. The zero-order valence-electron chi connectivity index (χ0n) is 23.9. The highest BCUT2D eigenvalue weighted by molar-refractivity contribution is 7.51. The summed E-state index contributed by atoms with van der Waals surface area (Å²) in [5, 5.41) is 11.1. The maximum Gasteiger partial charge on any atom is 0.472 e. The minimum absolute atomic E-state index is 0.0931. The molecule has 24 heteroatoms. The van der Waals surface area contributed by atoms with Gasteiger partial charge in [-0.3, -0.25) is 37.0 Å². The quantitative estimate of drug-likeness (QED) is 0.117. The van der Waals surface area contributed by atoms with E-state index in [4.69, 9.17) is 34.5 Å². The van der Waals surface area contributed by atoms with Gasteiger partial charge < -0.3 is 35.8 Å². The number of alkyl halides is 1. The van der Waals surface area contributed by atoms with Crippen molar-refractivity contribution in [3.8, 4) is 0 Å².